The van der Waals surface area contributed by atoms with Gasteiger partial charge in [-0.2, -0.15) is 5.10 Å². The van der Waals surface area contributed by atoms with Crippen molar-refractivity contribution in [3.8, 4) is 11.3 Å². The molecule has 8 nitrogen and oxygen atoms in total. The van der Waals surface area contributed by atoms with Crippen molar-refractivity contribution < 1.29 is 0 Å². The average Bonchev–Trinajstić information content (AvgIpc) is 3.22. The number of hydrogen-bond donors (Lipinski definition) is 1. The summed E-state index contributed by atoms with van der Waals surface area (Å²) in [6, 6.07) is 7.86. The van der Waals surface area contributed by atoms with Crippen LogP contribution in [0.1, 0.15) is 32.0 Å². The van der Waals surface area contributed by atoms with Crippen molar-refractivity contribution in [2.24, 2.45) is 12.5 Å². The summed E-state index contributed by atoms with van der Waals surface area (Å²) in [4.78, 5) is 8.94. The van der Waals surface area contributed by atoms with Gasteiger partial charge in [0.1, 0.15) is 11.6 Å². The van der Waals surface area contributed by atoms with Gasteiger partial charge in [0, 0.05) is 37.5 Å². The molecule has 0 aromatic carbocycles. The van der Waals surface area contributed by atoms with Crippen LogP contribution in [-0.2, 0) is 13.5 Å². The maximum atomic E-state index is 4.63. The van der Waals surface area contributed by atoms with Gasteiger partial charge in [-0.05, 0) is 36.5 Å². The van der Waals surface area contributed by atoms with E-state index in [1.54, 1.807) is 17.1 Å². The molecule has 28 heavy (non-hydrogen) atoms. The average molecular weight is 374 g/mol. The molecule has 5 rings (SSSR count). The number of aromatic nitrogens is 7. The Morgan fingerprint density at radius 3 is 2.79 bits per heavy atom. The van der Waals surface area contributed by atoms with Crippen molar-refractivity contribution in [3.63, 3.8) is 0 Å². The largest absolute Gasteiger partial charge is 0.309 e. The summed E-state index contributed by atoms with van der Waals surface area (Å²) in [6.45, 7) is 2.26. The Labute approximate surface area is 162 Å². The first-order valence-corrected chi connectivity index (χ1v) is 9.58. The SMILES string of the molecule is CCC1(Cc2nnc3cc(-c4ccnc(Nc5ccnn5C)n4)ccn23)CC1. The highest BCUT2D eigenvalue weighted by Crippen LogP contribution is 2.50. The normalized spacial score (nSPS) is 15.1. The van der Waals surface area contributed by atoms with Gasteiger partial charge in [0.25, 0.3) is 0 Å². The predicted octanol–water partition coefficient (Wildman–Crippen LogP) is 3.40. The second-order valence-corrected chi connectivity index (χ2v) is 7.52. The Hall–Kier alpha value is -3.29. The smallest absolute Gasteiger partial charge is 0.228 e. The third-order valence-electron chi connectivity index (χ3n) is 5.73. The summed E-state index contributed by atoms with van der Waals surface area (Å²) in [7, 11) is 1.87. The van der Waals surface area contributed by atoms with Crippen LogP contribution in [0.15, 0.2) is 42.9 Å². The van der Waals surface area contributed by atoms with Crippen LogP contribution in [-0.4, -0.2) is 34.3 Å². The van der Waals surface area contributed by atoms with Gasteiger partial charge >= 0.3 is 0 Å². The van der Waals surface area contributed by atoms with Gasteiger partial charge in [-0.15, -0.1) is 10.2 Å². The predicted molar refractivity (Wildman–Crippen MR) is 106 cm³/mol. The third-order valence-corrected chi connectivity index (χ3v) is 5.73. The molecule has 8 heteroatoms. The molecule has 4 heterocycles. The van der Waals surface area contributed by atoms with Crippen molar-refractivity contribution in [1.82, 2.24) is 34.3 Å². The molecule has 1 aliphatic carbocycles. The molecule has 0 radical (unpaired) electrons. The number of aryl methyl sites for hydroxylation is 1. The van der Waals surface area contributed by atoms with Gasteiger partial charge in [0.05, 0.1) is 11.9 Å². The highest BCUT2D eigenvalue weighted by molar-refractivity contribution is 5.65. The molecule has 0 aliphatic heterocycles. The minimum absolute atomic E-state index is 0.445. The number of nitrogens with zero attached hydrogens (tertiary/aromatic N) is 7. The highest BCUT2D eigenvalue weighted by Gasteiger charge is 2.41. The molecule has 1 N–H and O–H groups in total. The van der Waals surface area contributed by atoms with Gasteiger partial charge in [0.2, 0.25) is 5.95 Å². The first kappa shape index (κ1) is 16.9. The van der Waals surface area contributed by atoms with Gasteiger partial charge in [-0.25, -0.2) is 9.97 Å². The molecule has 0 bridgehead atoms. The van der Waals surface area contributed by atoms with E-state index in [1.165, 1.54) is 19.3 Å². The van der Waals surface area contributed by atoms with Crippen LogP contribution in [0, 0.1) is 5.41 Å². The lowest BCUT2D eigenvalue weighted by Crippen LogP contribution is -2.07. The summed E-state index contributed by atoms with van der Waals surface area (Å²) >= 11 is 0. The first-order chi connectivity index (χ1) is 13.7. The number of rotatable bonds is 6. The molecule has 0 unspecified atom stereocenters. The lowest BCUT2D eigenvalue weighted by atomic mass is 9.99. The van der Waals surface area contributed by atoms with Crippen molar-refractivity contribution in [1.29, 1.82) is 0 Å². The Morgan fingerprint density at radius 1 is 1.14 bits per heavy atom. The van der Waals surface area contributed by atoms with Crippen LogP contribution in [0.4, 0.5) is 11.8 Å². The topological polar surface area (TPSA) is 85.8 Å². The van der Waals surface area contributed by atoms with E-state index in [-0.39, 0.29) is 0 Å². The Morgan fingerprint density at radius 2 is 2.04 bits per heavy atom. The lowest BCUT2D eigenvalue weighted by Gasteiger charge is -2.10. The highest BCUT2D eigenvalue weighted by atomic mass is 15.3. The van der Waals surface area contributed by atoms with Crippen LogP contribution in [0.3, 0.4) is 0 Å². The maximum absolute atomic E-state index is 4.63. The molecule has 1 aliphatic rings. The van der Waals surface area contributed by atoms with Gasteiger partial charge in [0.15, 0.2) is 5.65 Å². The zero-order chi connectivity index (χ0) is 19.1. The Bertz CT molecular complexity index is 1140. The van der Waals surface area contributed by atoms with Crippen molar-refractivity contribution in [2.75, 3.05) is 5.32 Å². The van der Waals surface area contributed by atoms with Crippen molar-refractivity contribution >= 4 is 17.4 Å². The summed E-state index contributed by atoms with van der Waals surface area (Å²) in [6.07, 6.45) is 10.3. The molecule has 1 fully saturated rings. The second-order valence-electron chi connectivity index (χ2n) is 7.52. The first-order valence-electron chi connectivity index (χ1n) is 9.58. The monoisotopic (exact) mass is 374 g/mol. The molecule has 1 saturated carbocycles. The van der Waals surface area contributed by atoms with E-state index in [1.807, 2.05) is 31.4 Å². The summed E-state index contributed by atoms with van der Waals surface area (Å²) in [5, 5.41) is 16.2. The Balaban J connectivity index is 1.43. The van der Waals surface area contributed by atoms with Crippen molar-refractivity contribution in [3.05, 3.63) is 48.7 Å². The molecule has 0 saturated heterocycles. The van der Waals surface area contributed by atoms with E-state index in [4.69, 9.17) is 0 Å². The molecule has 0 atom stereocenters. The standard InChI is InChI=1S/C20H22N8/c1-3-20(7-8-20)13-18-26-25-17-12-14(6-11-28(17)18)15-4-9-21-19(23-15)24-16-5-10-22-27(16)2/h4-6,9-12H,3,7-8,13H2,1-2H3,(H,21,23,24). The number of anilines is 2. The molecule has 142 valence electrons. The fourth-order valence-electron chi connectivity index (χ4n) is 3.58. The van der Waals surface area contributed by atoms with Crippen LogP contribution < -0.4 is 5.32 Å². The fraction of sp³-hybridized carbons (Fsp3) is 0.350. The minimum atomic E-state index is 0.445. The van der Waals surface area contributed by atoms with Gasteiger partial charge < -0.3 is 5.32 Å². The maximum Gasteiger partial charge on any atom is 0.228 e. The zero-order valence-electron chi connectivity index (χ0n) is 16.0. The summed E-state index contributed by atoms with van der Waals surface area (Å²) in [5.41, 5.74) is 3.11. The summed E-state index contributed by atoms with van der Waals surface area (Å²) < 4.78 is 3.83. The molecular formula is C20H22N8. The quantitative estimate of drug-likeness (QED) is 0.557. The fourth-order valence-corrected chi connectivity index (χ4v) is 3.58. The van der Waals surface area contributed by atoms with E-state index in [0.29, 0.717) is 11.4 Å². The number of hydrogen-bond acceptors (Lipinski definition) is 6. The zero-order valence-corrected chi connectivity index (χ0v) is 16.0. The van der Waals surface area contributed by atoms with Gasteiger partial charge in [-0.1, -0.05) is 13.3 Å². The van der Waals surface area contributed by atoms with E-state index in [0.717, 1.165) is 35.0 Å². The Kier molecular flexibility index (Phi) is 3.85. The number of pyridine rings is 1. The van der Waals surface area contributed by atoms with Crippen LogP contribution in [0.5, 0.6) is 0 Å². The van der Waals surface area contributed by atoms with Crippen molar-refractivity contribution in [2.45, 2.75) is 32.6 Å². The number of nitrogens with one attached hydrogen (secondary N) is 1. The minimum Gasteiger partial charge on any atom is -0.309 e. The van der Waals surface area contributed by atoms with E-state index < -0.39 is 0 Å². The number of fused-ring (bicyclic) bond motifs is 1. The third kappa shape index (κ3) is 3.00. The van der Waals surface area contributed by atoms with Crippen LogP contribution in [0.25, 0.3) is 16.9 Å². The van der Waals surface area contributed by atoms with Crippen LogP contribution in [0.2, 0.25) is 0 Å². The molecular weight excluding hydrogens is 352 g/mol. The molecule has 4 aromatic rings. The van der Waals surface area contributed by atoms with E-state index in [2.05, 4.69) is 48.0 Å². The van der Waals surface area contributed by atoms with E-state index >= 15 is 0 Å². The molecule has 0 spiro atoms. The van der Waals surface area contributed by atoms with E-state index in [9.17, 15) is 0 Å². The lowest BCUT2D eigenvalue weighted by molar-refractivity contribution is 0.473. The van der Waals surface area contributed by atoms with Crippen LogP contribution >= 0.6 is 0 Å². The summed E-state index contributed by atoms with van der Waals surface area (Å²) in [5.74, 6) is 2.41. The molecule has 0 amide bonds. The molecule has 4 aromatic heterocycles. The van der Waals surface area contributed by atoms with Gasteiger partial charge in [-0.3, -0.25) is 9.08 Å². The second kappa shape index (κ2) is 6.40.